The molecule has 0 radical (unpaired) electrons. The van der Waals surface area contributed by atoms with Gasteiger partial charge in [-0.2, -0.15) is 0 Å². The molecule has 2 aromatic carbocycles. The van der Waals surface area contributed by atoms with E-state index in [4.69, 9.17) is 16.3 Å². The number of fused-ring (bicyclic) bond motifs is 1. The first-order chi connectivity index (χ1) is 7.33. The molecule has 0 bridgehead atoms. The first-order valence-electron chi connectivity index (χ1n) is 4.92. The number of hydrogen-bond acceptors (Lipinski definition) is 1. The van der Waals surface area contributed by atoms with Crippen LogP contribution in [0.3, 0.4) is 0 Å². The van der Waals surface area contributed by atoms with Crippen molar-refractivity contribution in [3.05, 3.63) is 41.4 Å². The third-order valence-electron chi connectivity index (χ3n) is 2.23. The highest BCUT2D eigenvalue weighted by atomic mass is 35.5. The number of benzene rings is 2. The number of hydrogen-bond donors (Lipinski definition) is 1. The van der Waals surface area contributed by atoms with Crippen LogP contribution in [0, 0.1) is 0 Å². The molecule has 0 heterocycles. The molecule has 16 heavy (non-hydrogen) atoms. The van der Waals surface area contributed by atoms with Crippen molar-refractivity contribution >= 4 is 22.4 Å². The Kier molecular flexibility index (Phi) is 4.87. The van der Waals surface area contributed by atoms with Crippen molar-refractivity contribution in [3.8, 4) is 5.75 Å². The Hall–Kier alpha value is -0.960. The van der Waals surface area contributed by atoms with E-state index in [1.165, 1.54) is 0 Å². The fraction of sp³-hybridized carbons (Fsp3) is 0.167. The average Bonchev–Trinajstić information content (AvgIpc) is 2.29. The van der Waals surface area contributed by atoms with Gasteiger partial charge in [0.1, 0.15) is 18.9 Å². The number of quaternary nitrogens is 1. The molecule has 0 aliphatic carbocycles. The predicted octanol–water partition coefficient (Wildman–Crippen LogP) is -0.882. The minimum Gasteiger partial charge on any atom is -1.00 e. The predicted molar refractivity (Wildman–Crippen MR) is 62.2 cm³/mol. The van der Waals surface area contributed by atoms with Crippen LogP contribution >= 0.6 is 11.6 Å². The van der Waals surface area contributed by atoms with E-state index in [0.717, 1.165) is 23.1 Å². The fourth-order valence-electron chi connectivity index (χ4n) is 1.51. The molecule has 3 N–H and O–H groups in total. The van der Waals surface area contributed by atoms with Crippen LogP contribution < -0.4 is 22.9 Å². The minimum absolute atomic E-state index is 0. The highest BCUT2D eigenvalue weighted by Crippen LogP contribution is 2.32. The molecule has 0 fully saturated rings. The lowest BCUT2D eigenvalue weighted by Crippen LogP contribution is -3.00. The normalized spacial score (nSPS) is 9.88. The van der Waals surface area contributed by atoms with Gasteiger partial charge in [-0.3, -0.25) is 0 Å². The topological polar surface area (TPSA) is 36.9 Å². The van der Waals surface area contributed by atoms with Crippen LogP contribution in [0.15, 0.2) is 36.4 Å². The van der Waals surface area contributed by atoms with Crippen LogP contribution in [0.5, 0.6) is 5.75 Å². The summed E-state index contributed by atoms with van der Waals surface area (Å²) in [6, 6.07) is 11.9. The summed E-state index contributed by atoms with van der Waals surface area (Å²) in [6.07, 6.45) is 0. The molecule has 0 spiro atoms. The molecule has 0 aromatic heterocycles. The van der Waals surface area contributed by atoms with E-state index in [1.807, 2.05) is 36.4 Å². The Balaban J connectivity index is 0.00000128. The smallest absolute Gasteiger partial charge is 0.138 e. The van der Waals surface area contributed by atoms with Crippen molar-refractivity contribution in [1.82, 2.24) is 0 Å². The summed E-state index contributed by atoms with van der Waals surface area (Å²) >= 11 is 6.23. The second kappa shape index (κ2) is 5.94. The van der Waals surface area contributed by atoms with Gasteiger partial charge in [-0.15, -0.1) is 0 Å². The van der Waals surface area contributed by atoms with Crippen molar-refractivity contribution in [2.45, 2.75) is 0 Å². The second-order valence-corrected chi connectivity index (χ2v) is 3.68. The highest BCUT2D eigenvalue weighted by molar-refractivity contribution is 6.37. The van der Waals surface area contributed by atoms with E-state index in [-0.39, 0.29) is 12.4 Å². The Bertz CT molecular complexity index is 474. The molecular weight excluding hydrogens is 245 g/mol. The van der Waals surface area contributed by atoms with Gasteiger partial charge in [0.25, 0.3) is 0 Å². The van der Waals surface area contributed by atoms with Gasteiger partial charge in [0.15, 0.2) is 0 Å². The van der Waals surface area contributed by atoms with Gasteiger partial charge in [-0.25, -0.2) is 0 Å². The third kappa shape index (κ3) is 2.59. The molecular formula is C12H13Cl2NO. The van der Waals surface area contributed by atoms with Crippen LogP contribution in [0.1, 0.15) is 0 Å². The number of ether oxygens (including phenoxy) is 1. The second-order valence-electron chi connectivity index (χ2n) is 3.30. The van der Waals surface area contributed by atoms with Gasteiger partial charge in [0, 0.05) is 5.39 Å². The zero-order valence-electron chi connectivity index (χ0n) is 8.75. The van der Waals surface area contributed by atoms with Gasteiger partial charge >= 0.3 is 0 Å². The molecule has 86 valence electrons. The lowest BCUT2D eigenvalue weighted by molar-refractivity contribution is -0.370. The summed E-state index contributed by atoms with van der Waals surface area (Å²) in [4.78, 5) is 0. The molecule has 0 aliphatic heterocycles. The van der Waals surface area contributed by atoms with Crippen molar-refractivity contribution in [3.63, 3.8) is 0 Å². The van der Waals surface area contributed by atoms with Crippen LogP contribution in [0.25, 0.3) is 10.8 Å². The van der Waals surface area contributed by atoms with Crippen LogP contribution in [0.4, 0.5) is 0 Å². The summed E-state index contributed by atoms with van der Waals surface area (Å²) in [5.74, 6) is 0.735. The maximum absolute atomic E-state index is 6.23. The summed E-state index contributed by atoms with van der Waals surface area (Å²) < 4.78 is 5.50. The van der Waals surface area contributed by atoms with Gasteiger partial charge in [0.05, 0.1) is 5.02 Å². The van der Waals surface area contributed by atoms with Crippen LogP contribution in [-0.2, 0) is 0 Å². The van der Waals surface area contributed by atoms with E-state index in [1.54, 1.807) is 0 Å². The lowest BCUT2D eigenvalue weighted by atomic mass is 10.1. The van der Waals surface area contributed by atoms with E-state index in [0.29, 0.717) is 11.6 Å². The largest absolute Gasteiger partial charge is 1.00 e. The Labute approximate surface area is 106 Å². The van der Waals surface area contributed by atoms with Crippen molar-refractivity contribution < 1.29 is 22.9 Å². The fourth-order valence-corrected chi connectivity index (χ4v) is 1.80. The molecule has 2 nitrogen and oxygen atoms in total. The Morgan fingerprint density at radius 2 is 1.88 bits per heavy atom. The third-order valence-corrected chi connectivity index (χ3v) is 2.62. The van der Waals surface area contributed by atoms with Gasteiger partial charge in [-0.05, 0) is 11.5 Å². The molecule has 0 aliphatic rings. The summed E-state index contributed by atoms with van der Waals surface area (Å²) in [5, 5.41) is 2.84. The van der Waals surface area contributed by atoms with Gasteiger partial charge < -0.3 is 22.9 Å². The maximum Gasteiger partial charge on any atom is 0.138 e. The van der Waals surface area contributed by atoms with E-state index in [2.05, 4.69) is 5.73 Å². The van der Waals surface area contributed by atoms with Crippen molar-refractivity contribution in [1.29, 1.82) is 0 Å². The van der Waals surface area contributed by atoms with E-state index >= 15 is 0 Å². The van der Waals surface area contributed by atoms with Crippen molar-refractivity contribution in [2.24, 2.45) is 0 Å². The Morgan fingerprint density at radius 3 is 2.62 bits per heavy atom. The minimum atomic E-state index is 0. The molecule has 2 aromatic rings. The summed E-state index contributed by atoms with van der Waals surface area (Å²) in [5.41, 5.74) is 3.72. The molecule has 0 atom stereocenters. The standard InChI is InChI=1S/C12H12ClNO.ClH/c13-12-10-4-2-1-3-9(10)5-6-11(12)15-8-7-14;/h1-6H,7-8,14H2;1H. The SMILES string of the molecule is [Cl-].[NH3+]CCOc1ccc2ccccc2c1Cl. The zero-order valence-corrected chi connectivity index (χ0v) is 10.3. The summed E-state index contributed by atoms with van der Waals surface area (Å²) in [6.45, 7) is 1.33. The molecule has 0 unspecified atom stereocenters. The first-order valence-corrected chi connectivity index (χ1v) is 5.30. The monoisotopic (exact) mass is 257 g/mol. The molecule has 2 rings (SSSR count). The highest BCUT2D eigenvalue weighted by Gasteiger charge is 2.05. The van der Waals surface area contributed by atoms with Crippen LogP contribution in [0.2, 0.25) is 5.02 Å². The molecule has 0 amide bonds. The van der Waals surface area contributed by atoms with Crippen molar-refractivity contribution in [2.75, 3.05) is 13.2 Å². The zero-order chi connectivity index (χ0) is 10.7. The quantitative estimate of drug-likeness (QED) is 0.762. The first kappa shape index (κ1) is 13.1. The van der Waals surface area contributed by atoms with Crippen LogP contribution in [-0.4, -0.2) is 13.2 Å². The van der Waals surface area contributed by atoms with E-state index in [9.17, 15) is 0 Å². The molecule has 0 saturated heterocycles. The van der Waals surface area contributed by atoms with E-state index < -0.39 is 0 Å². The lowest BCUT2D eigenvalue weighted by Gasteiger charge is -2.08. The van der Waals surface area contributed by atoms with Gasteiger partial charge in [-0.1, -0.05) is 41.9 Å². The van der Waals surface area contributed by atoms with Gasteiger partial charge in [0.2, 0.25) is 0 Å². The molecule has 4 heteroatoms. The molecule has 0 saturated carbocycles. The Morgan fingerprint density at radius 1 is 1.12 bits per heavy atom. The average molecular weight is 258 g/mol. The number of halogens is 2. The number of rotatable bonds is 3. The maximum atomic E-state index is 6.23. The summed E-state index contributed by atoms with van der Waals surface area (Å²) in [7, 11) is 0.